The van der Waals surface area contributed by atoms with E-state index in [1.807, 2.05) is 83.6 Å². The van der Waals surface area contributed by atoms with Crippen molar-refractivity contribution < 1.29 is 5.11 Å². The Kier molecular flexibility index (Phi) is 4.61. The minimum Gasteiger partial charge on any atom is -0.507 e. The molecule has 1 N–H and O–H groups in total. The van der Waals surface area contributed by atoms with Gasteiger partial charge in [0.15, 0.2) is 0 Å². The second-order valence-electron chi connectivity index (χ2n) is 5.69. The molecule has 26 heavy (non-hydrogen) atoms. The fourth-order valence-corrected chi connectivity index (χ4v) is 3.68. The van der Waals surface area contributed by atoms with Gasteiger partial charge in [0.1, 0.15) is 5.75 Å². The first-order valence-electron chi connectivity index (χ1n) is 8.08. The van der Waals surface area contributed by atoms with Crippen LogP contribution in [0.4, 0.5) is 0 Å². The number of aromatic hydroxyl groups is 1. The molecule has 5 heteroatoms. The van der Waals surface area contributed by atoms with Gasteiger partial charge in [0, 0.05) is 10.4 Å². The first kappa shape index (κ1) is 16.6. The summed E-state index contributed by atoms with van der Waals surface area (Å²) in [5.41, 5.74) is 3.31. The molecule has 0 unspecified atom stereocenters. The molecule has 128 valence electrons. The number of aromatic nitrogens is 2. The van der Waals surface area contributed by atoms with Gasteiger partial charge in [-0.05, 0) is 54.6 Å². The lowest BCUT2D eigenvalue weighted by Crippen LogP contribution is -1.98. The van der Waals surface area contributed by atoms with Gasteiger partial charge >= 0.3 is 0 Å². The molecule has 0 aliphatic heterocycles. The van der Waals surface area contributed by atoms with E-state index in [9.17, 15) is 5.11 Å². The molecule has 3 nitrogen and oxygen atoms in total. The van der Waals surface area contributed by atoms with Crippen molar-refractivity contribution in [1.29, 1.82) is 0 Å². The zero-order valence-corrected chi connectivity index (χ0v) is 15.3. The van der Waals surface area contributed by atoms with Crippen LogP contribution >= 0.6 is 22.9 Å². The molecule has 2 aromatic carbocycles. The van der Waals surface area contributed by atoms with Crippen LogP contribution in [0, 0.1) is 0 Å². The third-order valence-electron chi connectivity index (χ3n) is 3.92. The smallest absolute Gasteiger partial charge is 0.124 e. The van der Waals surface area contributed by atoms with Gasteiger partial charge in [-0.15, -0.1) is 11.3 Å². The zero-order valence-electron chi connectivity index (χ0n) is 13.7. The molecule has 0 fully saturated rings. The van der Waals surface area contributed by atoms with Gasteiger partial charge in [0.25, 0.3) is 0 Å². The van der Waals surface area contributed by atoms with Crippen LogP contribution in [0.15, 0.2) is 72.8 Å². The van der Waals surface area contributed by atoms with Crippen LogP contribution < -0.4 is 0 Å². The molecule has 2 heterocycles. The van der Waals surface area contributed by atoms with Crippen molar-refractivity contribution in [2.45, 2.75) is 0 Å². The van der Waals surface area contributed by atoms with E-state index in [1.54, 1.807) is 6.07 Å². The molecule has 0 amide bonds. The number of phenols is 1. The van der Waals surface area contributed by atoms with E-state index >= 15 is 0 Å². The summed E-state index contributed by atoms with van der Waals surface area (Å²) in [5.74, 6) is 0.227. The van der Waals surface area contributed by atoms with E-state index in [0.29, 0.717) is 0 Å². The minimum atomic E-state index is 0.227. The molecule has 4 rings (SSSR count). The lowest BCUT2D eigenvalue weighted by atomic mass is 10.1. The van der Waals surface area contributed by atoms with Crippen LogP contribution in [0.1, 0.15) is 10.6 Å². The molecule has 4 aromatic rings. The number of thiophene rings is 1. The lowest BCUT2D eigenvalue weighted by Gasteiger charge is -2.08. The van der Waals surface area contributed by atoms with Gasteiger partial charge in [-0.3, -0.25) is 0 Å². The number of para-hydroxylation sites is 2. The van der Waals surface area contributed by atoms with Crippen molar-refractivity contribution in [3.8, 4) is 22.7 Å². The average Bonchev–Trinajstić information content (AvgIpc) is 3.27. The summed E-state index contributed by atoms with van der Waals surface area (Å²) in [6, 6.07) is 23.0. The largest absolute Gasteiger partial charge is 0.507 e. The van der Waals surface area contributed by atoms with E-state index in [2.05, 4.69) is 0 Å². The Morgan fingerprint density at radius 2 is 1.69 bits per heavy atom. The van der Waals surface area contributed by atoms with Gasteiger partial charge in [0.05, 0.1) is 21.4 Å². The Hall–Kier alpha value is -2.82. The average molecular weight is 379 g/mol. The van der Waals surface area contributed by atoms with Gasteiger partial charge in [-0.25, -0.2) is 4.68 Å². The molecule has 0 aliphatic carbocycles. The topological polar surface area (TPSA) is 38.1 Å². The Labute approximate surface area is 160 Å². The van der Waals surface area contributed by atoms with Crippen LogP contribution in [0.2, 0.25) is 4.34 Å². The Bertz CT molecular complexity index is 1070. The van der Waals surface area contributed by atoms with E-state index in [1.165, 1.54) is 11.3 Å². The highest BCUT2D eigenvalue weighted by Gasteiger charge is 2.13. The highest BCUT2D eigenvalue weighted by atomic mass is 35.5. The molecule has 0 saturated carbocycles. The second kappa shape index (κ2) is 7.20. The third kappa shape index (κ3) is 3.43. The Morgan fingerprint density at radius 3 is 2.42 bits per heavy atom. The fraction of sp³-hybridized carbons (Fsp3) is 0. The summed E-state index contributed by atoms with van der Waals surface area (Å²) in [7, 11) is 0. The molecule has 0 aliphatic rings. The molecule has 0 atom stereocenters. The summed E-state index contributed by atoms with van der Waals surface area (Å²) >= 11 is 7.50. The monoisotopic (exact) mass is 378 g/mol. The van der Waals surface area contributed by atoms with Crippen molar-refractivity contribution >= 4 is 35.1 Å². The SMILES string of the molecule is Oc1ccccc1-c1cc(/C=C/c2ccc(Cl)s2)nn1-c1ccccc1. The standard InChI is InChI=1S/C21H15ClN2OS/c22-21-13-12-17(26-21)11-10-15-14-19(18-8-4-5-9-20(18)25)24(23-15)16-6-2-1-3-7-16/h1-14,25H/b11-10+. The minimum absolute atomic E-state index is 0.227. The number of nitrogens with zero attached hydrogens (tertiary/aromatic N) is 2. The Balaban J connectivity index is 1.80. The molecule has 2 aromatic heterocycles. The maximum Gasteiger partial charge on any atom is 0.124 e. The predicted octanol–water partition coefficient (Wildman–Crippen LogP) is 6.13. The van der Waals surface area contributed by atoms with Crippen LogP contribution in [-0.2, 0) is 0 Å². The summed E-state index contributed by atoms with van der Waals surface area (Å²) < 4.78 is 2.60. The number of hydrogen-bond donors (Lipinski definition) is 1. The van der Waals surface area contributed by atoms with Crippen molar-refractivity contribution in [3.63, 3.8) is 0 Å². The maximum absolute atomic E-state index is 10.3. The van der Waals surface area contributed by atoms with E-state index in [-0.39, 0.29) is 5.75 Å². The number of phenolic OH excluding ortho intramolecular Hbond substituents is 1. The van der Waals surface area contributed by atoms with Gasteiger partial charge < -0.3 is 5.11 Å². The fourth-order valence-electron chi connectivity index (χ4n) is 2.71. The van der Waals surface area contributed by atoms with Crippen LogP contribution in [0.3, 0.4) is 0 Å². The van der Waals surface area contributed by atoms with Crippen LogP contribution in [0.5, 0.6) is 5.75 Å². The Morgan fingerprint density at radius 1 is 0.923 bits per heavy atom. The number of halogens is 1. The molecule has 0 bridgehead atoms. The van der Waals surface area contributed by atoms with E-state index in [0.717, 1.165) is 31.9 Å². The molecule has 0 saturated heterocycles. The third-order valence-corrected chi connectivity index (χ3v) is 5.12. The van der Waals surface area contributed by atoms with Gasteiger partial charge in [-0.2, -0.15) is 5.10 Å². The number of hydrogen-bond acceptors (Lipinski definition) is 3. The lowest BCUT2D eigenvalue weighted by molar-refractivity contribution is 0.477. The normalized spacial score (nSPS) is 11.3. The summed E-state index contributed by atoms with van der Waals surface area (Å²) in [5, 5.41) is 15.0. The first-order valence-corrected chi connectivity index (χ1v) is 9.27. The molecule has 0 spiro atoms. The van der Waals surface area contributed by atoms with Gasteiger partial charge in [0.2, 0.25) is 0 Å². The van der Waals surface area contributed by atoms with Gasteiger partial charge in [-0.1, -0.05) is 41.9 Å². The van der Waals surface area contributed by atoms with Crippen molar-refractivity contribution in [3.05, 3.63) is 87.7 Å². The highest BCUT2D eigenvalue weighted by Crippen LogP contribution is 2.31. The van der Waals surface area contributed by atoms with Crippen molar-refractivity contribution in [1.82, 2.24) is 9.78 Å². The molecular formula is C21H15ClN2OS. The maximum atomic E-state index is 10.3. The van der Waals surface area contributed by atoms with Crippen molar-refractivity contribution in [2.75, 3.05) is 0 Å². The zero-order chi connectivity index (χ0) is 17.9. The molecule has 0 radical (unpaired) electrons. The van der Waals surface area contributed by atoms with Crippen LogP contribution in [-0.4, -0.2) is 14.9 Å². The van der Waals surface area contributed by atoms with Crippen molar-refractivity contribution in [2.24, 2.45) is 0 Å². The molecular weight excluding hydrogens is 364 g/mol. The quantitative estimate of drug-likeness (QED) is 0.463. The summed E-state index contributed by atoms with van der Waals surface area (Å²) in [4.78, 5) is 1.06. The number of benzene rings is 2. The summed E-state index contributed by atoms with van der Waals surface area (Å²) in [6.45, 7) is 0. The number of rotatable bonds is 4. The van der Waals surface area contributed by atoms with E-state index < -0.39 is 0 Å². The van der Waals surface area contributed by atoms with E-state index in [4.69, 9.17) is 16.7 Å². The van der Waals surface area contributed by atoms with Crippen LogP contribution in [0.25, 0.3) is 29.1 Å². The first-order chi connectivity index (χ1) is 12.7. The predicted molar refractivity (Wildman–Crippen MR) is 109 cm³/mol. The summed E-state index contributed by atoms with van der Waals surface area (Å²) in [6.07, 6.45) is 3.94. The second-order valence-corrected chi connectivity index (χ2v) is 7.44. The highest BCUT2D eigenvalue weighted by molar-refractivity contribution is 7.17.